The van der Waals surface area contributed by atoms with E-state index in [0.717, 1.165) is 14.0 Å². The maximum atomic E-state index is 9.00. The second kappa shape index (κ2) is 29.9. The van der Waals surface area contributed by atoms with Gasteiger partial charge in [0.15, 0.2) is 0 Å². The quantitative estimate of drug-likeness (QED) is 0.619. The van der Waals surface area contributed by atoms with Crippen molar-refractivity contribution in [1.29, 1.82) is 0 Å². The number of rotatable bonds is 3. The van der Waals surface area contributed by atoms with Gasteiger partial charge in [-0.1, -0.05) is 20.8 Å². The van der Waals surface area contributed by atoms with Crippen molar-refractivity contribution in [1.82, 2.24) is 11.1 Å². The second-order valence-electron chi connectivity index (χ2n) is 3.23. The van der Waals surface area contributed by atoms with E-state index in [-0.39, 0.29) is 12.3 Å². The average Bonchev–Trinajstić information content (AvgIpc) is 2.22. The first-order chi connectivity index (χ1) is 7.81. The maximum absolute atomic E-state index is 9.00. The van der Waals surface area contributed by atoms with Gasteiger partial charge in [-0.3, -0.25) is 4.79 Å². The molecule has 0 aromatic rings. The lowest BCUT2D eigenvalue weighted by Gasteiger charge is -2.13. The molecule has 0 aromatic heterocycles. The van der Waals surface area contributed by atoms with E-state index >= 15 is 0 Å². The summed E-state index contributed by atoms with van der Waals surface area (Å²) in [6.07, 6.45) is -0.167. The lowest BCUT2D eigenvalue weighted by Crippen LogP contribution is -2.21. The monoisotopic (exact) mass is 270 g/mol. The third kappa shape index (κ3) is 111. The molecule has 0 spiro atoms. The van der Waals surface area contributed by atoms with Crippen molar-refractivity contribution in [3.8, 4) is 0 Å². The molecule has 0 aliphatic rings. The Kier molecular flexibility index (Phi) is 50.5. The molecule has 0 aliphatic heterocycles. The Labute approximate surface area is 112 Å². The van der Waals surface area contributed by atoms with Crippen molar-refractivity contribution in [2.45, 2.75) is 47.6 Å². The number of aliphatic hydroxyl groups excluding tert-OH is 2. The number of hydrogen-bond donors (Lipinski definition) is 4. The van der Waals surface area contributed by atoms with Crippen LogP contribution in [0.15, 0.2) is 0 Å². The Balaban J connectivity index is -0.0000000449. The average molecular weight is 270 g/mol. The Hall–Kier alpha value is -0.690. The molecule has 0 bridgehead atoms. The minimum atomic E-state index is -0.833. The van der Waals surface area contributed by atoms with Crippen LogP contribution in [-0.2, 0) is 4.79 Å². The zero-order valence-electron chi connectivity index (χ0n) is 13.1. The molecule has 0 unspecified atom stereocenters. The minimum Gasteiger partial charge on any atom is -0.481 e. The van der Waals surface area contributed by atoms with E-state index in [1.54, 1.807) is 13.8 Å². The van der Waals surface area contributed by atoms with Gasteiger partial charge in [0.1, 0.15) is 0 Å². The van der Waals surface area contributed by atoms with Crippen LogP contribution in [0.3, 0.4) is 0 Å². The first-order valence-electron chi connectivity index (χ1n) is 5.86. The van der Waals surface area contributed by atoms with Crippen molar-refractivity contribution in [3.05, 3.63) is 0 Å². The smallest absolute Gasteiger partial charge is 0.300 e. The van der Waals surface area contributed by atoms with Crippen LogP contribution in [0.5, 0.6) is 0 Å². The molecule has 0 atom stereocenters. The number of aliphatic hydroxyl groups is 2. The van der Waals surface area contributed by atoms with Crippen LogP contribution in [0.2, 0.25) is 0 Å². The normalized spacial score (nSPS) is 7.72. The predicted molar refractivity (Wildman–Crippen MR) is 77.3 cm³/mol. The van der Waals surface area contributed by atoms with Crippen LogP contribution in [0.1, 0.15) is 41.5 Å². The number of carbonyl (C=O) groups is 1. The third-order valence-corrected chi connectivity index (χ3v) is 1.34. The van der Waals surface area contributed by atoms with Gasteiger partial charge in [0, 0.05) is 20.1 Å². The van der Waals surface area contributed by atoms with Crippen molar-refractivity contribution in [3.63, 3.8) is 0 Å². The van der Waals surface area contributed by atoms with Crippen molar-refractivity contribution in [2.75, 3.05) is 26.7 Å². The molecule has 0 heterocycles. The molecule has 0 aromatic carbocycles. The molecule has 18 heavy (non-hydrogen) atoms. The summed E-state index contributed by atoms with van der Waals surface area (Å²) in [6.45, 7) is 14.7. The molecule has 0 radical (unpaired) electrons. The summed E-state index contributed by atoms with van der Waals surface area (Å²) in [5.74, 6) is -0.833. The molecule has 6 N–H and O–H groups in total. The number of aliphatic carboxylic acids is 1. The van der Waals surface area contributed by atoms with Gasteiger partial charge < -0.3 is 26.4 Å². The number of hydrogen-bond acceptors (Lipinski definition) is 5. The van der Waals surface area contributed by atoms with Gasteiger partial charge in [0.2, 0.25) is 0 Å². The maximum Gasteiger partial charge on any atom is 0.300 e. The van der Waals surface area contributed by atoms with E-state index in [9.17, 15) is 0 Å². The highest BCUT2D eigenvalue weighted by Crippen LogP contribution is 1.81. The van der Waals surface area contributed by atoms with Crippen LogP contribution in [-0.4, -0.2) is 59.0 Å². The van der Waals surface area contributed by atoms with Gasteiger partial charge in [-0.15, -0.1) is 0 Å². The van der Waals surface area contributed by atoms with Crippen LogP contribution in [0.4, 0.5) is 0 Å². The fraction of sp³-hybridized carbons (Fsp3) is 0.917. The van der Waals surface area contributed by atoms with Gasteiger partial charge in [-0.25, -0.2) is 0 Å². The van der Waals surface area contributed by atoms with Gasteiger partial charge >= 0.3 is 0 Å². The van der Waals surface area contributed by atoms with Crippen LogP contribution < -0.4 is 6.15 Å². The van der Waals surface area contributed by atoms with Crippen LogP contribution in [0, 0.1) is 0 Å². The van der Waals surface area contributed by atoms with Gasteiger partial charge in [-0.2, -0.15) is 0 Å². The SMILES string of the molecule is CC(=O)O.CC(C)O.CCN(CC)CC.CO.N. The Morgan fingerprint density at radius 2 is 1.17 bits per heavy atom. The summed E-state index contributed by atoms with van der Waals surface area (Å²) in [6, 6.07) is 0. The molecule has 0 saturated carbocycles. The van der Waals surface area contributed by atoms with E-state index in [0.29, 0.717) is 0 Å². The second-order valence-corrected chi connectivity index (χ2v) is 3.23. The van der Waals surface area contributed by atoms with E-state index in [2.05, 4.69) is 25.7 Å². The fourth-order valence-electron chi connectivity index (χ4n) is 0.671. The summed E-state index contributed by atoms with van der Waals surface area (Å²) < 4.78 is 0. The predicted octanol–water partition coefficient (Wildman–Crippen LogP) is 1.60. The zero-order chi connectivity index (χ0) is 14.9. The fourth-order valence-corrected chi connectivity index (χ4v) is 0.671. The Bertz CT molecular complexity index is 117. The molecular weight excluding hydrogens is 236 g/mol. The van der Waals surface area contributed by atoms with E-state index < -0.39 is 5.97 Å². The van der Waals surface area contributed by atoms with E-state index in [1.807, 2.05) is 0 Å². The molecule has 116 valence electrons. The summed E-state index contributed by atoms with van der Waals surface area (Å²) in [5, 5.41) is 22.5. The van der Waals surface area contributed by atoms with Crippen LogP contribution in [0.25, 0.3) is 0 Å². The van der Waals surface area contributed by atoms with E-state index in [1.165, 1.54) is 19.6 Å². The third-order valence-electron chi connectivity index (χ3n) is 1.34. The van der Waals surface area contributed by atoms with Crippen molar-refractivity contribution in [2.24, 2.45) is 0 Å². The number of nitrogens with zero attached hydrogens (tertiary/aromatic N) is 1. The largest absolute Gasteiger partial charge is 0.481 e. The highest BCUT2D eigenvalue weighted by atomic mass is 16.4. The highest BCUT2D eigenvalue weighted by Gasteiger charge is 1.89. The summed E-state index contributed by atoms with van der Waals surface area (Å²) >= 11 is 0. The summed E-state index contributed by atoms with van der Waals surface area (Å²) in [4.78, 5) is 11.4. The van der Waals surface area contributed by atoms with Gasteiger partial charge in [0.25, 0.3) is 5.97 Å². The highest BCUT2D eigenvalue weighted by molar-refractivity contribution is 5.62. The summed E-state index contributed by atoms with van der Waals surface area (Å²) in [5.41, 5.74) is 0. The van der Waals surface area contributed by atoms with Gasteiger partial charge in [0.05, 0.1) is 0 Å². The lowest BCUT2D eigenvalue weighted by atomic mass is 10.5. The topological polar surface area (TPSA) is 116 Å². The standard InChI is InChI=1S/C6H15N.C3H8O.C2H4O2.CH4O.H3N/c1-4-7(5-2)6-3;1-3(2)4;1-2(3)4;1-2;/h4-6H2,1-3H3;3-4H,1-2H3;1H3,(H,3,4);2H,1H3;1H3. The zero-order valence-corrected chi connectivity index (χ0v) is 13.1. The van der Waals surface area contributed by atoms with E-state index in [4.69, 9.17) is 20.1 Å². The number of carboxylic acids is 1. The first-order valence-corrected chi connectivity index (χ1v) is 5.86. The minimum absolute atomic E-state index is 0. The van der Waals surface area contributed by atoms with Gasteiger partial charge in [-0.05, 0) is 33.5 Å². The Morgan fingerprint density at radius 1 is 1.06 bits per heavy atom. The number of carboxylic acid groups (broad SMARTS) is 1. The molecule has 0 saturated heterocycles. The molecule has 0 aliphatic carbocycles. The van der Waals surface area contributed by atoms with Crippen molar-refractivity contribution < 1.29 is 20.1 Å². The molecule has 6 heteroatoms. The lowest BCUT2D eigenvalue weighted by molar-refractivity contribution is -0.134. The molecular formula is C12H34N2O4. The Morgan fingerprint density at radius 3 is 1.17 bits per heavy atom. The molecule has 0 rings (SSSR count). The molecule has 0 fully saturated rings. The molecule has 0 amide bonds. The molecule has 6 nitrogen and oxygen atoms in total. The van der Waals surface area contributed by atoms with Crippen molar-refractivity contribution >= 4 is 5.97 Å². The van der Waals surface area contributed by atoms with Crippen LogP contribution >= 0.6 is 0 Å². The summed E-state index contributed by atoms with van der Waals surface area (Å²) in [7, 11) is 1.00. The first kappa shape index (κ1) is 30.4.